The Kier molecular flexibility index (Phi) is 9.43. The van der Waals surface area contributed by atoms with Gasteiger partial charge >= 0.3 is 0 Å². The smallest absolute Gasteiger partial charge is 0.274 e. The second kappa shape index (κ2) is 12.7. The van der Waals surface area contributed by atoms with Crippen LogP contribution in [-0.4, -0.2) is 43.2 Å². The summed E-state index contributed by atoms with van der Waals surface area (Å²) < 4.78 is 17.1. The molecule has 3 rings (SSSR count). The highest BCUT2D eigenvalue weighted by Crippen LogP contribution is 2.35. The summed E-state index contributed by atoms with van der Waals surface area (Å²) in [6.07, 6.45) is 6.09. The van der Waals surface area contributed by atoms with Crippen molar-refractivity contribution >= 4 is 0 Å². The van der Waals surface area contributed by atoms with Crippen molar-refractivity contribution in [2.24, 2.45) is 0 Å². The highest BCUT2D eigenvalue weighted by atomic mass is 16.6. The van der Waals surface area contributed by atoms with E-state index in [4.69, 9.17) is 14.2 Å². The highest BCUT2D eigenvalue weighted by Gasteiger charge is 2.31. The SMILES string of the molecule is CCCCCCN/C(=C/[N+](=O)[O-])N1Cc2cc(OC)c(OC)cc2CC1COc1ccccc1. The average Bonchev–Trinajstić information content (AvgIpc) is 2.85. The molecule has 0 radical (unpaired) electrons. The van der Waals surface area contributed by atoms with E-state index in [-0.39, 0.29) is 6.04 Å². The van der Waals surface area contributed by atoms with Crippen molar-refractivity contribution in [1.29, 1.82) is 0 Å². The van der Waals surface area contributed by atoms with E-state index in [1.807, 2.05) is 47.4 Å². The Labute approximate surface area is 201 Å². The Morgan fingerprint density at radius 1 is 1.12 bits per heavy atom. The van der Waals surface area contributed by atoms with Crippen LogP contribution in [0.25, 0.3) is 0 Å². The molecule has 0 bridgehead atoms. The van der Waals surface area contributed by atoms with Gasteiger partial charge in [-0.25, -0.2) is 0 Å². The number of methoxy groups -OCH3 is 2. The quantitative estimate of drug-likeness (QED) is 0.257. The third kappa shape index (κ3) is 6.79. The minimum absolute atomic E-state index is 0.0971. The molecule has 0 saturated carbocycles. The van der Waals surface area contributed by atoms with E-state index in [1.165, 1.54) is 0 Å². The van der Waals surface area contributed by atoms with E-state index in [9.17, 15) is 10.1 Å². The van der Waals surface area contributed by atoms with Gasteiger partial charge in [-0.15, -0.1) is 0 Å². The number of hydrogen-bond acceptors (Lipinski definition) is 7. The van der Waals surface area contributed by atoms with Gasteiger partial charge in [0.25, 0.3) is 6.20 Å². The fraction of sp³-hybridized carbons (Fsp3) is 0.462. The maximum absolute atomic E-state index is 11.5. The molecule has 1 aliphatic rings. The van der Waals surface area contributed by atoms with E-state index in [0.29, 0.717) is 43.4 Å². The normalized spacial score (nSPS) is 15.4. The second-order valence-electron chi connectivity index (χ2n) is 8.37. The van der Waals surface area contributed by atoms with E-state index in [1.54, 1.807) is 14.2 Å². The molecule has 184 valence electrons. The zero-order chi connectivity index (χ0) is 24.3. The predicted molar refractivity (Wildman–Crippen MR) is 132 cm³/mol. The molecule has 1 heterocycles. The topological polar surface area (TPSA) is 86.1 Å². The number of benzene rings is 2. The lowest BCUT2D eigenvalue weighted by Crippen LogP contribution is -2.47. The zero-order valence-corrected chi connectivity index (χ0v) is 20.3. The fourth-order valence-electron chi connectivity index (χ4n) is 4.21. The van der Waals surface area contributed by atoms with Gasteiger partial charge in [0.15, 0.2) is 17.3 Å². The molecule has 1 atom stereocenters. The molecule has 8 nitrogen and oxygen atoms in total. The highest BCUT2D eigenvalue weighted by molar-refractivity contribution is 5.48. The molecule has 0 amide bonds. The average molecular weight is 470 g/mol. The summed E-state index contributed by atoms with van der Waals surface area (Å²) in [5.74, 6) is 2.59. The van der Waals surface area contributed by atoms with Gasteiger partial charge in [-0.2, -0.15) is 0 Å². The summed E-state index contributed by atoms with van der Waals surface area (Å²) in [5, 5.41) is 14.8. The van der Waals surface area contributed by atoms with Crippen LogP contribution in [0.2, 0.25) is 0 Å². The molecule has 1 aliphatic heterocycles. The molecule has 0 spiro atoms. The Morgan fingerprint density at radius 2 is 1.82 bits per heavy atom. The third-order valence-corrected chi connectivity index (χ3v) is 6.00. The maximum atomic E-state index is 11.5. The van der Waals surface area contributed by atoms with Gasteiger partial charge in [0.05, 0.1) is 25.2 Å². The lowest BCUT2D eigenvalue weighted by molar-refractivity contribution is -0.405. The molecule has 8 heteroatoms. The molecule has 2 aromatic rings. The van der Waals surface area contributed by atoms with E-state index in [2.05, 4.69) is 12.2 Å². The number of ether oxygens (including phenoxy) is 3. The number of fused-ring (bicyclic) bond motifs is 1. The fourth-order valence-corrected chi connectivity index (χ4v) is 4.21. The lowest BCUT2D eigenvalue weighted by Gasteiger charge is -2.39. The molecule has 1 unspecified atom stereocenters. The van der Waals surface area contributed by atoms with Gasteiger partial charge in [0.1, 0.15) is 12.4 Å². The molecule has 34 heavy (non-hydrogen) atoms. The van der Waals surface area contributed by atoms with Crippen LogP contribution in [0.4, 0.5) is 0 Å². The van der Waals surface area contributed by atoms with Crippen molar-refractivity contribution in [3.8, 4) is 17.2 Å². The first-order valence-corrected chi connectivity index (χ1v) is 11.8. The molecule has 0 saturated heterocycles. The van der Waals surface area contributed by atoms with Gasteiger partial charge in [-0.3, -0.25) is 10.1 Å². The van der Waals surface area contributed by atoms with Crippen LogP contribution in [0.5, 0.6) is 17.2 Å². The summed E-state index contributed by atoms with van der Waals surface area (Å²) in [4.78, 5) is 13.1. The van der Waals surface area contributed by atoms with Gasteiger partial charge in [-0.05, 0) is 48.2 Å². The van der Waals surface area contributed by atoms with Gasteiger partial charge < -0.3 is 24.4 Å². The molecule has 2 aromatic carbocycles. The number of unbranched alkanes of at least 4 members (excludes halogenated alkanes) is 3. The largest absolute Gasteiger partial charge is 0.493 e. The Morgan fingerprint density at radius 3 is 2.47 bits per heavy atom. The van der Waals surface area contributed by atoms with Crippen LogP contribution >= 0.6 is 0 Å². The van der Waals surface area contributed by atoms with Crippen LogP contribution < -0.4 is 19.5 Å². The second-order valence-corrected chi connectivity index (χ2v) is 8.37. The number of nitro groups is 1. The predicted octanol–water partition coefficient (Wildman–Crippen LogP) is 4.76. The van der Waals surface area contributed by atoms with Crippen LogP contribution in [0, 0.1) is 10.1 Å². The van der Waals surface area contributed by atoms with Crippen molar-refractivity contribution in [2.75, 3.05) is 27.4 Å². The number of nitrogens with zero attached hydrogens (tertiary/aromatic N) is 2. The Hall–Kier alpha value is -3.42. The monoisotopic (exact) mass is 469 g/mol. The first-order valence-electron chi connectivity index (χ1n) is 11.8. The minimum atomic E-state index is -0.395. The Balaban J connectivity index is 1.87. The summed E-state index contributed by atoms with van der Waals surface area (Å²) in [7, 11) is 3.23. The first kappa shape index (κ1) is 25.2. The number of rotatable bonds is 13. The standard InChI is InChI=1S/C26H35N3O5/c1-4-5-6-10-13-27-26(18-29(30)31)28-17-21-16-25(33-3)24(32-2)15-20(21)14-22(28)19-34-23-11-8-7-9-12-23/h7-9,11-12,15-16,18,22,27H,4-6,10,13-14,17,19H2,1-3H3/b26-18-. The summed E-state index contributed by atoms with van der Waals surface area (Å²) in [6, 6.07) is 13.5. The molecule has 1 N–H and O–H groups in total. The maximum Gasteiger partial charge on any atom is 0.274 e. The summed E-state index contributed by atoms with van der Waals surface area (Å²) in [5.41, 5.74) is 2.18. The van der Waals surface area contributed by atoms with Crippen molar-refractivity contribution in [3.63, 3.8) is 0 Å². The van der Waals surface area contributed by atoms with Gasteiger partial charge in [0.2, 0.25) is 0 Å². The zero-order valence-electron chi connectivity index (χ0n) is 20.3. The van der Waals surface area contributed by atoms with Gasteiger partial charge in [-0.1, -0.05) is 44.4 Å². The van der Waals surface area contributed by atoms with E-state index >= 15 is 0 Å². The van der Waals surface area contributed by atoms with Crippen LogP contribution in [0.15, 0.2) is 54.5 Å². The summed E-state index contributed by atoms with van der Waals surface area (Å²) in [6.45, 7) is 3.74. The Bertz CT molecular complexity index is 964. The molecular weight excluding hydrogens is 434 g/mol. The number of para-hydroxylation sites is 1. The molecule has 0 aliphatic carbocycles. The van der Waals surface area contributed by atoms with Crippen LogP contribution in [0.3, 0.4) is 0 Å². The lowest BCUT2D eigenvalue weighted by atomic mass is 9.93. The van der Waals surface area contributed by atoms with Gasteiger partial charge in [0, 0.05) is 13.1 Å². The van der Waals surface area contributed by atoms with Crippen molar-refractivity contribution in [1.82, 2.24) is 10.2 Å². The van der Waals surface area contributed by atoms with Crippen molar-refractivity contribution < 1.29 is 19.1 Å². The first-order chi connectivity index (χ1) is 16.5. The summed E-state index contributed by atoms with van der Waals surface area (Å²) >= 11 is 0. The number of nitrogens with one attached hydrogen (secondary N) is 1. The number of hydrogen-bond donors (Lipinski definition) is 1. The molecule has 0 aromatic heterocycles. The third-order valence-electron chi connectivity index (χ3n) is 6.00. The molecule has 0 fully saturated rings. The van der Waals surface area contributed by atoms with Crippen LogP contribution in [-0.2, 0) is 13.0 Å². The van der Waals surface area contributed by atoms with Crippen molar-refractivity contribution in [2.45, 2.75) is 51.6 Å². The van der Waals surface area contributed by atoms with E-state index in [0.717, 1.165) is 48.8 Å². The van der Waals surface area contributed by atoms with Crippen LogP contribution in [0.1, 0.15) is 43.7 Å². The molecular formula is C26H35N3O5. The van der Waals surface area contributed by atoms with E-state index < -0.39 is 4.92 Å². The van der Waals surface area contributed by atoms with Crippen molar-refractivity contribution in [3.05, 3.63) is 75.7 Å². The minimum Gasteiger partial charge on any atom is -0.493 e.